The minimum atomic E-state index is -0.962. The lowest BCUT2D eigenvalue weighted by atomic mass is 10.1. The van der Waals surface area contributed by atoms with E-state index in [0.29, 0.717) is 6.54 Å². The molecule has 3 heteroatoms. The summed E-state index contributed by atoms with van der Waals surface area (Å²) in [5, 5.41) is 8.41. The van der Waals surface area contributed by atoms with Crippen LogP contribution in [0.3, 0.4) is 0 Å². The first-order valence-electron chi connectivity index (χ1n) is 3.84. The maximum Gasteiger partial charge on any atom is 0.328 e. The maximum absolute atomic E-state index is 10.2. The monoisotopic (exact) mass is 176 g/mol. The summed E-state index contributed by atoms with van der Waals surface area (Å²) >= 11 is 0. The Morgan fingerprint density at radius 3 is 3.08 bits per heavy atom. The zero-order valence-corrected chi connectivity index (χ0v) is 7.03. The molecule has 0 aromatic heterocycles. The average Bonchev–Trinajstić information content (AvgIpc) is 2.15. The van der Waals surface area contributed by atoms with Crippen LogP contribution in [0, 0.1) is 6.07 Å². The van der Waals surface area contributed by atoms with Gasteiger partial charge in [0.1, 0.15) is 0 Å². The highest BCUT2D eigenvalue weighted by Gasteiger charge is 1.95. The van der Waals surface area contributed by atoms with E-state index in [1.807, 2.05) is 0 Å². The van der Waals surface area contributed by atoms with Crippen molar-refractivity contribution in [2.45, 2.75) is 6.54 Å². The van der Waals surface area contributed by atoms with E-state index in [1.54, 1.807) is 18.2 Å². The molecular weight excluding hydrogens is 166 g/mol. The number of carboxylic acid groups (broad SMARTS) is 1. The van der Waals surface area contributed by atoms with Gasteiger partial charge in [0.05, 0.1) is 0 Å². The van der Waals surface area contributed by atoms with Crippen LogP contribution in [0.25, 0.3) is 6.08 Å². The molecule has 67 valence electrons. The third-order valence-corrected chi connectivity index (χ3v) is 1.61. The molecule has 0 atom stereocenters. The lowest BCUT2D eigenvalue weighted by Crippen LogP contribution is -1.98. The molecule has 0 aliphatic carbocycles. The average molecular weight is 176 g/mol. The van der Waals surface area contributed by atoms with E-state index >= 15 is 0 Å². The van der Waals surface area contributed by atoms with Gasteiger partial charge in [-0.15, -0.1) is 0 Å². The molecule has 0 bridgehead atoms. The Morgan fingerprint density at radius 1 is 1.69 bits per heavy atom. The van der Waals surface area contributed by atoms with E-state index in [2.05, 4.69) is 6.07 Å². The molecule has 0 saturated carbocycles. The van der Waals surface area contributed by atoms with Gasteiger partial charge in [0.15, 0.2) is 0 Å². The second-order valence-corrected chi connectivity index (χ2v) is 2.50. The Hall–Kier alpha value is -1.61. The Labute approximate surface area is 76.5 Å². The Bertz CT molecular complexity index is 331. The largest absolute Gasteiger partial charge is 0.478 e. The highest BCUT2D eigenvalue weighted by atomic mass is 16.4. The topological polar surface area (TPSA) is 63.3 Å². The second kappa shape index (κ2) is 4.42. The molecule has 0 aliphatic rings. The van der Waals surface area contributed by atoms with E-state index in [4.69, 9.17) is 10.8 Å². The van der Waals surface area contributed by atoms with Crippen molar-refractivity contribution >= 4 is 12.0 Å². The zero-order valence-electron chi connectivity index (χ0n) is 7.03. The predicted octanol–water partition coefficient (Wildman–Crippen LogP) is 1.04. The van der Waals surface area contributed by atoms with Crippen molar-refractivity contribution < 1.29 is 9.90 Å². The molecule has 0 fully saturated rings. The summed E-state index contributed by atoms with van der Waals surface area (Å²) in [6, 6.07) is 8.13. The van der Waals surface area contributed by atoms with Gasteiger partial charge < -0.3 is 10.8 Å². The van der Waals surface area contributed by atoms with Crippen molar-refractivity contribution in [2.24, 2.45) is 5.73 Å². The summed E-state index contributed by atoms with van der Waals surface area (Å²) in [6.45, 7) is 0.386. The number of nitrogens with two attached hydrogens (primary N) is 1. The van der Waals surface area contributed by atoms with E-state index in [0.717, 1.165) is 17.2 Å². The van der Waals surface area contributed by atoms with Crippen LogP contribution in [0.15, 0.2) is 24.3 Å². The summed E-state index contributed by atoms with van der Waals surface area (Å²) in [5.74, 6) is -0.962. The lowest BCUT2D eigenvalue weighted by Gasteiger charge is -2.00. The van der Waals surface area contributed by atoms with Gasteiger partial charge in [0.25, 0.3) is 0 Å². The van der Waals surface area contributed by atoms with E-state index < -0.39 is 5.97 Å². The Kier molecular flexibility index (Phi) is 3.23. The SMILES string of the molecule is NCc1c[c]ccc1C=CC(=O)O. The van der Waals surface area contributed by atoms with Crippen LogP contribution < -0.4 is 5.73 Å². The molecule has 1 aromatic rings. The van der Waals surface area contributed by atoms with E-state index in [-0.39, 0.29) is 0 Å². The van der Waals surface area contributed by atoms with Gasteiger partial charge >= 0.3 is 5.97 Å². The number of benzene rings is 1. The van der Waals surface area contributed by atoms with Crippen molar-refractivity contribution in [1.82, 2.24) is 0 Å². The molecule has 0 amide bonds. The molecule has 3 nitrogen and oxygen atoms in total. The fourth-order valence-electron chi connectivity index (χ4n) is 0.977. The summed E-state index contributed by atoms with van der Waals surface area (Å²) in [6.07, 6.45) is 2.62. The van der Waals surface area contributed by atoms with E-state index in [1.165, 1.54) is 6.08 Å². The molecule has 0 spiro atoms. The van der Waals surface area contributed by atoms with Crippen LogP contribution in [0.1, 0.15) is 11.1 Å². The lowest BCUT2D eigenvalue weighted by molar-refractivity contribution is -0.131. The molecule has 1 rings (SSSR count). The molecule has 1 radical (unpaired) electrons. The standard InChI is InChI=1S/C10H10NO2/c11-7-9-4-2-1-3-8(9)5-6-10(12)13/h1,3-6H,7,11H2,(H,12,13). The molecular formula is C10H10NO2. The number of carbonyl (C=O) groups is 1. The van der Waals surface area contributed by atoms with Crippen LogP contribution in [0.2, 0.25) is 0 Å². The van der Waals surface area contributed by atoms with Gasteiger partial charge in [0.2, 0.25) is 0 Å². The van der Waals surface area contributed by atoms with Crippen LogP contribution >= 0.6 is 0 Å². The van der Waals surface area contributed by atoms with Gasteiger partial charge in [-0.05, 0) is 29.3 Å². The number of aliphatic carboxylic acids is 1. The van der Waals surface area contributed by atoms with Crippen LogP contribution in [0.5, 0.6) is 0 Å². The first-order chi connectivity index (χ1) is 6.24. The molecule has 0 unspecified atom stereocenters. The quantitative estimate of drug-likeness (QED) is 0.676. The van der Waals surface area contributed by atoms with Gasteiger partial charge in [-0.25, -0.2) is 4.79 Å². The minimum absolute atomic E-state index is 0.386. The molecule has 1 aromatic carbocycles. The highest BCUT2D eigenvalue weighted by Crippen LogP contribution is 2.08. The number of carboxylic acids is 1. The smallest absolute Gasteiger partial charge is 0.328 e. The molecule has 3 N–H and O–H groups in total. The fourth-order valence-corrected chi connectivity index (χ4v) is 0.977. The van der Waals surface area contributed by atoms with Crippen LogP contribution in [-0.2, 0) is 11.3 Å². The van der Waals surface area contributed by atoms with Crippen molar-refractivity contribution in [3.63, 3.8) is 0 Å². The van der Waals surface area contributed by atoms with Crippen molar-refractivity contribution in [2.75, 3.05) is 0 Å². The van der Waals surface area contributed by atoms with Crippen molar-refractivity contribution in [3.8, 4) is 0 Å². The zero-order chi connectivity index (χ0) is 9.68. The van der Waals surface area contributed by atoms with Gasteiger partial charge in [-0.1, -0.05) is 12.1 Å². The van der Waals surface area contributed by atoms with Crippen LogP contribution in [-0.4, -0.2) is 11.1 Å². The van der Waals surface area contributed by atoms with Gasteiger partial charge in [-0.3, -0.25) is 0 Å². The van der Waals surface area contributed by atoms with Crippen molar-refractivity contribution in [1.29, 1.82) is 0 Å². The number of hydrogen-bond donors (Lipinski definition) is 2. The Morgan fingerprint density at radius 2 is 2.46 bits per heavy atom. The second-order valence-electron chi connectivity index (χ2n) is 2.50. The molecule has 13 heavy (non-hydrogen) atoms. The number of rotatable bonds is 3. The third kappa shape index (κ3) is 2.72. The summed E-state index contributed by atoms with van der Waals surface area (Å²) in [7, 11) is 0. The predicted molar refractivity (Wildman–Crippen MR) is 49.8 cm³/mol. The molecule has 0 aliphatic heterocycles. The fraction of sp³-hybridized carbons (Fsp3) is 0.100. The van der Waals surface area contributed by atoms with Gasteiger partial charge in [-0.2, -0.15) is 0 Å². The summed E-state index contributed by atoms with van der Waals surface area (Å²) in [4.78, 5) is 10.2. The molecule has 0 saturated heterocycles. The van der Waals surface area contributed by atoms with Crippen LogP contribution in [0.4, 0.5) is 0 Å². The first kappa shape index (κ1) is 9.48. The number of hydrogen-bond acceptors (Lipinski definition) is 2. The minimum Gasteiger partial charge on any atom is -0.478 e. The highest BCUT2D eigenvalue weighted by molar-refractivity contribution is 5.85. The van der Waals surface area contributed by atoms with Crippen molar-refractivity contribution in [3.05, 3.63) is 41.5 Å². The van der Waals surface area contributed by atoms with E-state index in [9.17, 15) is 4.79 Å². The summed E-state index contributed by atoms with van der Waals surface area (Å²) in [5.41, 5.74) is 7.17. The third-order valence-electron chi connectivity index (χ3n) is 1.61. The first-order valence-corrected chi connectivity index (χ1v) is 3.84. The normalized spacial score (nSPS) is 10.5. The molecule has 0 heterocycles. The summed E-state index contributed by atoms with van der Waals surface area (Å²) < 4.78 is 0. The Balaban J connectivity index is 2.93. The van der Waals surface area contributed by atoms with Gasteiger partial charge in [0, 0.05) is 12.6 Å². The maximum atomic E-state index is 10.2.